The molecule has 0 fully saturated rings. The average Bonchev–Trinajstić information content (AvgIpc) is 2.26. The molecule has 0 N–H and O–H groups in total. The van der Waals surface area contributed by atoms with Crippen molar-refractivity contribution in [1.82, 2.24) is 0 Å². The summed E-state index contributed by atoms with van der Waals surface area (Å²) in [5.74, 6) is -39.0. The molecule has 0 atom stereocenters. The van der Waals surface area contributed by atoms with E-state index in [0.29, 0.717) is 0 Å². The first kappa shape index (κ1) is 20.4. The van der Waals surface area contributed by atoms with Crippen LogP contribution in [0.5, 0.6) is 0 Å². The molecule has 14 heteroatoms. The van der Waals surface area contributed by atoms with Crippen LogP contribution in [0, 0.1) is 0 Å². The highest BCUT2D eigenvalue weighted by Crippen LogP contribution is 2.60. The lowest BCUT2D eigenvalue weighted by Gasteiger charge is -2.39. The van der Waals surface area contributed by atoms with Crippen molar-refractivity contribution in [3.63, 3.8) is 0 Å². The highest BCUT2D eigenvalue weighted by Gasteiger charge is 2.90. The predicted octanol–water partition coefficient (Wildman–Crippen LogP) is 4.66. The maximum Gasteiger partial charge on any atom is 0.460 e. The number of alkyl halides is 13. The van der Waals surface area contributed by atoms with Crippen molar-refractivity contribution in [3.05, 3.63) is 0 Å². The number of hydrogen-bond donors (Lipinski definition) is 1. The van der Waals surface area contributed by atoms with E-state index in [9.17, 15) is 57.1 Å². The molecule has 0 aliphatic heterocycles. The van der Waals surface area contributed by atoms with Crippen LogP contribution >= 0.6 is 12.6 Å². The van der Waals surface area contributed by atoms with Gasteiger partial charge in [-0.15, -0.1) is 0 Å². The van der Waals surface area contributed by atoms with Gasteiger partial charge in [0.2, 0.25) is 0 Å². The smallest absolute Gasteiger partial charge is 0.199 e. The Bertz CT molecular complexity index is 380. The Kier molecular flexibility index (Phi) is 4.85. The number of halogens is 13. The maximum absolute atomic E-state index is 12.7. The molecule has 0 bridgehead atoms. The summed E-state index contributed by atoms with van der Waals surface area (Å²) in [7, 11) is 0. The lowest BCUT2D eigenvalue weighted by atomic mass is 9.94. The summed E-state index contributed by atoms with van der Waals surface area (Å²) in [6.07, 6.45) is -7.38. The average molecular weight is 366 g/mol. The molecule has 0 amide bonds. The van der Waals surface area contributed by atoms with Crippen molar-refractivity contribution in [2.24, 2.45) is 0 Å². The molecule has 128 valence electrons. The quantitative estimate of drug-likeness (QED) is 0.531. The molecule has 0 heterocycles. The Morgan fingerprint density at radius 3 is 1.00 bits per heavy atom. The van der Waals surface area contributed by atoms with Gasteiger partial charge in [-0.05, 0) is 0 Å². The molecule has 0 saturated carbocycles. The van der Waals surface area contributed by atoms with Crippen LogP contribution in [0.1, 0.15) is 0 Å². The molecule has 0 saturated heterocycles. The van der Waals surface area contributed by atoms with Crippen LogP contribution in [0.25, 0.3) is 0 Å². The van der Waals surface area contributed by atoms with E-state index in [-0.39, 0.29) is 0 Å². The SMILES string of the molecule is FC(F)(F)C(F)(F)C(F)(F)C(F)(F)C(F)(F)C(F)(F)CS. The fourth-order valence-corrected chi connectivity index (χ4v) is 1.10. The van der Waals surface area contributed by atoms with E-state index in [1.54, 1.807) is 0 Å². The highest BCUT2D eigenvalue weighted by molar-refractivity contribution is 7.80. The van der Waals surface area contributed by atoms with Crippen molar-refractivity contribution in [2.75, 3.05) is 5.75 Å². The van der Waals surface area contributed by atoms with Crippen LogP contribution in [0.2, 0.25) is 0 Å². The molecule has 0 aromatic carbocycles. The molecule has 0 aliphatic carbocycles. The van der Waals surface area contributed by atoms with E-state index in [0.717, 1.165) is 0 Å². The summed E-state index contributed by atoms with van der Waals surface area (Å²) in [6.45, 7) is 0. The number of rotatable bonds is 5. The van der Waals surface area contributed by atoms with Gasteiger partial charge in [0.15, 0.2) is 0 Å². The van der Waals surface area contributed by atoms with Gasteiger partial charge in [0, 0.05) is 0 Å². The van der Waals surface area contributed by atoms with Crippen molar-refractivity contribution in [2.45, 2.75) is 35.8 Å². The van der Waals surface area contributed by atoms with Gasteiger partial charge in [-0.2, -0.15) is 69.7 Å². The summed E-state index contributed by atoms with van der Waals surface area (Å²) < 4.78 is 160. The fraction of sp³-hybridized carbons (Fsp3) is 1.00. The van der Waals surface area contributed by atoms with Crippen LogP contribution < -0.4 is 0 Å². The van der Waals surface area contributed by atoms with Gasteiger partial charge in [0.1, 0.15) is 0 Å². The second kappa shape index (κ2) is 4.98. The zero-order valence-corrected chi connectivity index (χ0v) is 9.96. The maximum atomic E-state index is 12.7. The summed E-state index contributed by atoms with van der Waals surface area (Å²) >= 11 is 2.43. The third-order valence-corrected chi connectivity index (χ3v) is 2.59. The molecule has 0 nitrogen and oxygen atoms in total. The number of hydrogen-bond acceptors (Lipinski definition) is 1. The predicted molar refractivity (Wildman–Crippen MR) is 44.6 cm³/mol. The summed E-state index contributed by atoms with van der Waals surface area (Å²) in [5, 5.41) is 0. The number of thiol groups is 1. The van der Waals surface area contributed by atoms with Crippen LogP contribution in [-0.4, -0.2) is 41.5 Å². The molecular formula is C7H3F13S. The Hall–Kier alpha value is -0.560. The van der Waals surface area contributed by atoms with Gasteiger partial charge in [0.05, 0.1) is 5.75 Å². The third-order valence-electron chi connectivity index (χ3n) is 2.20. The summed E-state index contributed by atoms with van der Waals surface area (Å²) in [5.41, 5.74) is 0. The zero-order chi connectivity index (χ0) is 17.7. The van der Waals surface area contributed by atoms with Crippen molar-refractivity contribution in [3.8, 4) is 0 Å². The van der Waals surface area contributed by atoms with E-state index < -0.39 is 41.5 Å². The van der Waals surface area contributed by atoms with Crippen molar-refractivity contribution < 1.29 is 57.1 Å². The molecule has 0 aliphatic rings. The van der Waals surface area contributed by atoms with Gasteiger partial charge in [-0.1, -0.05) is 0 Å². The summed E-state index contributed by atoms with van der Waals surface area (Å²) in [4.78, 5) is 0. The molecule has 0 aromatic rings. The zero-order valence-electron chi connectivity index (χ0n) is 9.07. The topological polar surface area (TPSA) is 0 Å². The van der Waals surface area contributed by atoms with E-state index >= 15 is 0 Å². The summed E-state index contributed by atoms with van der Waals surface area (Å²) in [6, 6.07) is 0. The minimum Gasteiger partial charge on any atom is -0.199 e. The van der Waals surface area contributed by atoms with Gasteiger partial charge in [0.25, 0.3) is 0 Å². The first-order chi connectivity index (χ1) is 8.81. The van der Waals surface area contributed by atoms with Crippen LogP contribution in [0.15, 0.2) is 0 Å². The molecule has 0 unspecified atom stereocenters. The largest absolute Gasteiger partial charge is 0.460 e. The van der Waals surface area contributed by atoms with Crippen molar-refractivity contribution >= 4 is 12.6 Å². The molecule has 0 spiro atoms. The Morgan fingerprint density at radius 1 is 0.476 bits per heavy atom. The lowest BCUT2D eigenvalue weighted by Crippen LogP contribution is -2.70. The normalized spacial score (nSPS) is 16.3. The molecule has 0 rings (SSSR count). The Labute approximate surface area is 112 Å². The standard InChI is InChI=1S/C7H3F13S/c8-2(9,1-21)3(10,11)4(12,13)5(14,15)6(16,17)7(18,19)20/h21H,1H2. The minimum absolute atomic E-state index is 2.43. The van der Waals surface area contributed by atoms with Gasteiger partial charge < -0.3 is 0 Å². The Balaban J connectivity index is 6.14. The monoisotopic (exact) mass is 366 g/mol. The van der Waals surface area contributed by atoms with E-state index in [1.165, 1.54) is 0 Å². The van der Waals surface area contributed by atoms with Gasteiger partial charge >= 0.3 is 35.8 Å². The Morgan fingerprint density at radius 2 is 0.762 bits per heavy atom. The van der Waals surface area contributed by atoms with Crippen LogP contribution in [0.3, 0.4) is 0 Å². The van der Waals surface area contributed by atoms with E-state index in [4.69, 9.17) is 0 Å². The van der Waals surface area contributed by atoms with Crippen LogP contribution in [-0.2, 0) is 0 Å². The molecular weight excluding hydrogens is 363 g/mol. The van der Waals surface area contributed by atoms with Gasteiger partial charge in [-0.25, -0.2) is 0 Å². The second-order valence-corrected chi connectivity index (χ2v) is 3.97. The third kappa shape index (κ3) is 2.63. The van der Waals surface area contributed by atoms with Crippen molar-refractivity contribution in [1.29, 1.82) is 0 Å². The first-order valence-corrected chi connectivity index (χ1v) is 5.01. The highest BCUT2D eigenvalue weighted by atomic mass is 32.1. The molecule has 0 radical (unpaired) electrons. The van der Waals surface area contributed by atoms with E-state index in [2.05, 4.69) is 12.6 Å². The molecule has 21 heavy (non-hydrogen) atoms. The molecule has 0 aromatic heterocycles. The van der Waals surface area contributed by atoms with Crippen LogP contribution in [0.4, 0.5) is 57.1 Å². The van der Waals surface area contributed by atoms with Gasteiger partial charge in [-0.3, -0.25) is 0 Å². The van der Waals surface area contributed by atoms with E-state index in [1.807, 2.05) is 0 Å². The first-order valence-electron chi connectivity index (χ1n) is 4.38. The lowest BCUT2D eigenvalue weighted by molar-refractivity contribution is -0.438. The minimum atomic E-state index is -7.84. The second-order valence-electron chi connectivity index (χ2n) is 3.66. The fourth-order valence-electron chi connectivity index (χ4n) is 0.901.